The van der Waals surface area contributed by atoms with E-state index >= 15 is 0 Å². The molecule has 6 aliphatic rings. The van der Waals surface area contributed by atoms with Crippen LogP contribution in [0.25, 0.3) is 28.3 Å². The van der Waals surface area contributed by atoms with E-state index in [9.17, 15) is 0 Å². The molecule has 0 N–H and O–H groups in total. The van der Waals surface area contributed by atoms with Crippen LogP contribution in [-0.4, -0.2) is 11.3 Å². The highest BCUT2D eigenvalue weighted by molar-refractivity contribution is 8.01. The number of allylic oxidation sites excluding steroid dienone is 13. The first-order valence-electron chi connectivity index (χ1n) is 22.1. The van der Waals surface area contributed by atoms with Crippen LogP contribution in [0.2, 0.25) is 0 Å². The van der Waals surface area contributed by atoms with Crippen molar-refractivity contribution in [2.75, 3.05) is 9.80 Å². The smallest absolute Gasteiger partial charge is 0.0632 e. The summed E-state index contributed by atoms with van der Waals surface area (Å²) in [7, 11) is 0. The number of thioether (sulfide) groups is 1. The molecule has 0 fully saturated rings. The summed E-state index contributed by atoms with van der Waals surface area (Å²) in [4.78, 5) is 6.51. The summed E-state index contributed by atoms with van der Waals surface area (Å²) in [6, 6.07) is 44.0. The maximum Gasteiger partial charge on any atom is 0.0632 e. The van der Waals surface area contributed by atoms with Gasteiger partial charge in [0.1, 0.15) is 0 Å². The number of hydrogen-bond donors (Lipinski definition) is 0. The van der Waals surface area contributed by atoms with Crippen molar-refractivity contribution in [2.24, 2.45) is 5.92 Å². The number of fused-ring (bicyclic) bond motifs is 4. The van der Waals surface area contributed by atoms with E-state index in [4.69, 9.17) is 0 Å². The van der Waals surface area contributed by atoms with E-state index in [1.165, 1.54) is 78.6 Å². The average molecular weight is 807 g/mol. The molecule has 3 heteroatoms. The number of rotatable bonds is 9. The van der Waals surface area contributed by atoms with Gasteiger partial charge in [-0.3, -0.25) is 0 Å². The molecule has 5 aromatic rings. The van der Waals surface area contributed by atoms with Crippen LogP contribution < -0.4 is 9.80 Å². The zero-order valence-corrected chi connectivity index (χ0v) is 35.3. The first-order chi connectivity index (χ1) is 30.2. The van der Waals surface area contributed by atoms with Crippen molar-refractivity contribution >= 4 is 51.7 Å². The number of hydrogen-bond acceptors (Lipinski definition) is 3. The monoisotopic (exact) mass is 806 g/mol. The van der Waals surface area contributed by atoms with Crippen LogP contribution in [0.5, 0.6) is 0 Å². The lowest BCUT2D eigenvalue weighted by Gasteiger charge is -2.37. The molecule has 5 aliphatic carbocycles. The second kappa shape index (κ2) is 16.6. The maximum absolute atomic E-state index is 2.62. The molecule has 4 atom stereocenters. The largest absolute Gasteiger partial charge is 0.334 e. The number of benzene rings is 5. The van der Waals surface area contributed by atoms with Crippen molar-refractivity contribution in [1.29, 1.82) is 0 Å². The van der Waals surface area contributed by atoms with Crippen LogP contribution >= 0.6 is 11.8 Å². The normalized spacial score (nSPS) is 21.9. The van der Waals surface area contributed by atoms with Crippen molar-refractivity contribution in [3.8, 4) is 11.1 Å². The van der Waals surface area contributed by atoms with Gasteiger partial charge in [0.15, 0.2) is 0 Å². The van der Waals surface area contributed by atoms with E-state index in [2.05, 4.69) is 216 Å². The summed E-state index contributed by atoms with van der Waals surface area (Å²) in [5.74, 6) is 0.525. The molecule has 4 unspecified atom stereocenters. The number of nitrogens with zero attached hydrogens (tertiary/aromatic N) is 2. The van der Waals surface area contributed by atoms with Gasteiger partial charge in [-0.25, -0.2) is 0 Å². The molecule has 0 saturated heterocycles. The zero-order valence-electron chi connectivity index (χ0n) is 34.5. The molecule has 61 heavy (non-hydrogen) atoms. The van der Waals surface area contributed by atoms with Crippen molar-refractivity contribution in [3.05, 3.63) is 228 Å². The zero-order chi connectivity index (χ0) is 40.5. The summed E-state index contributed by atoms with van der Waals surface area (Å²) < 4.78 is 0. The lowest BCUT2D eigenvalue weighted by atomic mass is 9.84. The molecule has 1 aliphatic heterocycles. The van der Waals surface area contributed by atoms with Gasteiger partial charge < -0.3 is 9.80 Å². The van der Waals surface area contributed by atoms with Gasteiger partial charge in [0.05, 0.1) is 17.8 Å². The predicted octanol–water partition coefficient (Wildman–Crippen LogP) is 15.7. The summed E-state index contributed by atoms with van der Waals surface area (Å²) in [5.41, 5.74) is 17.1. The van der Waals surface area contributed by atoms with Gasteiger partial charge in [0.2, 0.25) is 0 Å². The Morgan fingerprint density at radius 2 is 1.28 bits per heavy atom. The molecule has 0 radical (unpaired) electrons. The predicted molar refractivity (Wildman–Crippen MR) is 262 cm³/mol. The molecule has 5 aromatic carbocycles. The van der Waals surface area contributed by atoms with Crippen LogP contribution in [0.1, 0.15) is 66.8 Å². The Morgan fingerprint density at radius 1 is 0.541 bits per heavy atom. The second-order valence-corrected chi connectivity index (χ2v) is 18.1. The van der Waals surface area contributed by atoms with Crippen molar-refractivity contribution < 1.29 is 0 Å². The fourth-order valence-corrected chi connectivity index (χ4v) is 11.5. The minimum absolute atomic E-state index is 0.196. The van der Waals surface area contributed by atoms with Gasteiger partial charge in [-0.05, 0) is 126 Å². The van der Waals surface area contributed by atoms with Gasteiger partial charge in [-0.15, -0.1) is 11.8 Å². The minimum Gasteiger partial charge on any atom is -0.334 e. The molecule has 0 amide bonds. The highest BCUT2D eigenvalue weighted by Crippen LogP contribution is 2.54. The van der Waals surface area contributed by atoms with E-state index in [0.29, 0.717) is 11.2 Å². The fourth-order valence-electron chi connectivity index (χ4n) is 10.1. The van der Waals surface area contributed by atoms with E-state index < -0.39 is 0 Å². The van der Waals surface area contributed by atoms with Crippen molar-refractivity contribution in [3.63, 3.8) is 0 Å². The third-order valence-corrected chi connectivity index (χ3v) is 14.7. The SMILES string of the molecule is C1=CCCC(C2C=CC(c3ccc(N(c4ccc(-c5ccc(N(c6cccc7c6SC6CC=CC=C76)C6CC=Cc7ccccc76)cc5)cc4)C4C=CC=CC4)cc3)=CC2)=C1. The molecule has 0 bridgehead atoms. The van der Waals surface area contributed by atoms with Gasteiger partial charge in [-0.1, -0.05) is 170 Å². The average Bonchev–Trinajstić information content (AvgIpc) is 3.73. The van der Waals surface area contributed by atoms with Crippen LogP contribution in [0, 0.1) is 5.92 Å². The van der Waals surface area contributed by atoms with E-state index in [-0.39, 0.29) is 12.1 Å². The third-order valence-electron chi connectivity index (χ3n) is 13.3. The van der Waals surface area contributed by atoms with Crippen LogP contribution in [0.4, 0.5) is 22.7 Å². The van der Waals surface area contributed by atoms with E-state index in [1.807, 2.05) is 11.8 Å². The molecule has 298 valence electrons. The molecule has 0 spiro atoms. The van der Waals surface area contributed by atoms with Gasteiger partial charge in [0.25, 0.3) is 0 Å². The van der Waals surface area contributed by atoms with Gasteiger partial charge in [-0.2, -0.15) is 0 Å². The summed E-state index contributed by atoms with van der Waals surface area (Å²) >= 11 is 2.04. The topological polar surface area (TPSA) is 6.48 Å². The van der Waals surface area contributed by atoms with Crippen LogP contribution in [-0.2, 0) is 0 Å². The van der Waals surface area contributed by atoms with E-state index in [1.54, 1.807) is 5.57 Å². The van der Waals surface area contributed by atoms with Gasteiger partial charge >= 0.3 is 0 Å². The Kier molecular flexibility index (Phi) is 10.3. The first kappa shape index (κ1) is 37.7. The molecule has 11 rings (SSSR count). The van der Waals surface area contributed by atoms with Crippen LogP contribution in [0.3, 0.4) is 0 Å². The van der Waals surface area contributed by atoms with Gasteiger partial charge in [0, 0.05) is 33.1 Å². The second-order valence-electron chi connectivity index (χ2n) is 16.9. The quantitative estimate of drug-likeness (QED) is 0.146. The highest BCUT2D eigenvalue weighted by Gasteiger charge is 2.34. The summed E-state index contributed by atoms with van der Waals surface area (Å²) in [6.07, 6.45) is 40.9. The minimum atomic E-state index is 0.196. The molecule has 0 aromatic heterocycles. The first-order valence-corrected chi connectivity index (χ1v) is 23.0. The van der Waals surface area contributed by atoms with Crippen molar-refractivity contribution in [1.82, 2.24) is 0 Å². The van der Waals surface area contributed by atoms with Crippen LogP contribution in [0.15, 0.2) is 211 Å². The number of anilines is 4. The highest BCUT2D eigenvalue weighted by atomic mass is 32.2. The Bertz CT molecular complexity index is 2730. The molecule has 1 heterocycles. The summed E-state index contributed by atoms with van der Waals surface area (Å²) in [5, 5.41) is 0.486. The Morgan fingerprint density at radius 3 is 2.00 bits per heavy atom. The molecular formula is C58H50N2S. The molecular weight excluding hydrogens is 757 g/mol. The van der Waals surface area contributed by atoms with E-state index in [0.717, 1.165) is 32.1 Å². The van der Waals surface area contributed by atoms with Crippen molar-refractivity contribution in [2.45, 2.75) is 60.8 Å². The molecule has 2 nitrogen and oxygen atoms in total. The lowest BCUT2D eigenvalue weighted by Crippen LogP contribution is -2.29. The third kappa shape index (κ3) is 7.36. The Hall–Kier alpha value is -6.29. The Balaban J connectivity index is 0.876. The Labute approximate surface area is 365 Å². The summed E-state index contributed by atoms with van der Waals surface area (Å²) in [6.45, 7) is 0. The molecule has 0 saturated carbocycles. The fraction of sp³-hybridized carbons (Fsp3) is 0.172. The maximum atomic E-state index is 2.62. The lowest BCUT2D eigenvalue weighted by molar-refractivity contribution is 0.697. The standard InChI is InChI=1S/C58H50N2S/c1-3-13-41(14-4-1)42-25-27-43(28-26-42)44-29-35-49(36-30-44)59(48-17-5-2-6-18-48)50-37-31-45(32-38-50)46-33-39-51(40-34-46)60(55-22-11-16-47-15-7-8-19-52(47)55)56-23-12-21-54-53-20-9-10-24-57(53)61-58(54)56/h1-3,5-13,15-17,19-21,23,25,27-40,42,48,55,57H,4,14,18,22,24,26H2.